The number of hydrogen-bond acceptors (Lipinski definition) is 4. The number of hydrogen-bond donors (Lipinski definition) is 4. The lowest BCUT2D eigenvalue weighted by atomic mass is 10.2. The van der Waals surface area contributed by atoms with Gasteiger partial charge in [0.15, 0.2) is 0 Å². The standard InChI is InChI=1S/C6H13NO3S/c8-3-2-7-5(1-4-11)6(9)10/h5,7-8,11H,1-4H2,(H,9,10). The first-order valence-electron chi connectivity index (χ1n) is 3.40. The molecule has 4 nitrogen and oxygen atoms in total. The Morgan fingerprint density at radius 1 is 1.64 bits per heavy atom. The van der Waals surface area contributed by atoms with Crippen LogP contribution in [0.3, 0.4) is 0 Å². The van der Waals surface area contributed by atoms with E-state index in [0.717, 1.165) is 0 Å². The average Bonchev–Trinajstić information content (AvgIpc) is 1.97. The third-order valence-corrected chi connectivity index (χ3v) is 1.48. The highest BCUT2D eigenvalue weighted by Gasteiger charge is 2.14. The van der Waals surface area contributed by atoms with Crippen LogP contribution in [0.1, 0.15) is 6.42 Å². The summed E-state index contributed by atoms with van der Waals surface area (Å²) in [5.41, 5.74) is 0. The molecule has 0 aromatic carbocycles. The number of nitrogens with one attached hydrogen (secondary N) is 1. The second kappa shape index (κ2) is 6.45. The van der Waals surface area contributed by atoms with Crippen LogP contribution in [0, 0.1) is 0 Å². The van der Waals surface area contributed by atoms with E-state index in [9.17, 15) is 4.79 Å². The fraction of sp³-hybridized carbons (Fsp3) is 0.833. The van der Waals surface area contributed by atoms with Gasteiger partial charge < -0.3 is 15.5 Å². The van der Waals surface area contributed by atoms with Crippen LogP contribution in [0.25, 0.3) is 0 Å². The normalized spacial score (nSPS) is 12.9. The van der Waals surface area contributed by atoms with Crippen LogP contribution in [-0.4, -0.2) is 41.1 Å². The number of rotatable bonds is 6. The zero-order valence-corrected chi connectivity index (χ0v) is 7.05. The third-order valence-electron chi connectivity index (χ3n) is 1.22. The number of carbonyl (C=O) groups is 1. The van der Waals surface area contributed by atoms with Gasteiger partial charge in [-0.05, 0) is 12.2 Å². The van der Waals surface area contributed by atoms with Gasteiger partial charge in [0.1, 0.15) is 6.04 Å². The van der Waals surface area contributed by atoms with Gasteiger partial charge in [-0.25, -0.2) is 0 Å². The second-order valence-corrected chi connectivity index (χ2v) is 2.53. The molecule has 0 aromatic heterocycles. The van der Waals surface area contributed by atoms with E-state index in [2.05, 4.69) is 17.9 Å². The van der Waals surface area contributed by atoms with Gasteiger partial charge in [0.25, 0.3) is 0 Å². The van der Waals surface area contributed by atoms with Crippen LogP contribution >= 0.6 is 12.6 Å². The van der Waals surface area contributed by atoms with Crippen LogP contribution in [-0.2, 0) is 4.79 Å². The number of carboxylic acid groups (broad SMARTS) is 1. The van der Waals surface area contributed by atoms with Crippen molar-refractivity contribution in [3.8, 4) is 0 Å². The number of aliphatic hydroxyl groups excluding tert-OH is 1. The first-order valence-corrected chi connectivity index (χ1v) is 4.03. The summed E-state index contributed by atoms with van der Waals surface area (Å²) in [6, 6.07) is -0.584. The smallest absolute Gasteiger partial charge is 0.320 e. The molecule has 11 heavy (non-hydrogen) atoms. The quantitative estimate of drug-likeness (QED) is 0.409. The topological polar surface area (TPSA) is 69.6 Å². The van der Waals surface area contributed by atoms with Crippen molar-refractivity contribution in [3.05, 3.63) is 0 Å². The van der Waals surface area contributed by atoms with E-state index >= 15 is 0 Å². The minimum absolute atomic E-state index is 0.0453. The Hall–Kier alpha value is -0.260. The molecule has 0 aliphatic heterocycles. The lowest BCUT2D eigenvalue weighted by Crippen LogP contribution is -2.38. The maximum absolute atomic E-state index is 10.4. The molecule has 0 bridgehead atoms. The van der Waals surface area contributed by atoms with Crippen molar-refractivity contribution in [2.24, 2.45) is 0 Å². The first-order chi connectivity index (χ1) is 5.22. The van der Waals surface area contributed by atoms with E-state index in [1.54, 1.807) is 0 Å². The number of aliphatic carboxylic acids is 1. The predicted octanol–water partition coefficient (Wildman–Crippen LogP) is -0.659. The Kier molecular flexibility index (Phi) is 6.30. The highest BCUT2D eigenvalue weighted by atomic mass is 32.1. The Labute approximate surface area is 71.0 Å². The summed E-state index contributed by atoms with van der Waals surface area (Å²) in [7, 11) is 0. The fourth-order valence-corrected chi connectivity index (χ4v) is 0.939. The summed E-state index contributed by atoms with van der Waals surface area (Å²) in [5.74, 6) is -0.373. The molecule has 0 fully saturated rings. The van der Waals surface area contributed by atoms with Crippen molar-refractivity contribution < 1.29 is 15.0 Å². The van der Waals surface area contributed by atoms with Crippen molar-refractivity contribution in [2.75, 3.05) is 18.9 Å². The van der Waals surface area contributed by atoms with E-state index in [-0.39, 0.29) is 6.61 Å². The predicted molar refractivity (Wildman–Crippen MR) is 45.0 cm³/mol. The molecule has 0 saturated carbocycles. The summed E-state index contributed by atoms with van der Waals surface area (Å²) in [6.45, 7) is 0.265. The summed E-state index contributed by atoms with van der Waals surface area (Å²) in [4.78, 5) is 10.4. The Morgan fingerprint density at radius 2 is 2.27 bits per heavy atom. The summed E-state index contributed by atoms with van der Waals surface area (Å²) >= 11 is 3.91. The largest absolute Gasteiger partial charge is 0.480 e. The molecule has 1 unspecified atom stereocenters. The molecule has 0 saturated heterocycles. The Morgan fingerprint density at radius 3 is 2.64 bits per heavy atom. The van der Waals surface area contributed by atoms with Gasteiger partial charge >= 0.3 is 5.97 Å². The lowest BCUT2D eigenvalue weighted by molar-refractivity contribution is -0.139. The van der Waals surface area contributed by atoms with Crippen molar-refractivity contribution in [1.82, 2.24) is 5.32 Å². The lowest BCUT2D eigenvalue weighted by Gasteiger charge is -2.11. The monoisotopic (exact) mass is 179 g/mol. The van der Waals surface area contributed by atoms with Crippen LogP contribution in [0.5, 0.6) is 0 Å². The van der Waals surface area contributed by atoms with E-state index in [4.69, 9.17) is 10.2 Å². The maximum atomic E-state index is 10.4. The molecular weight excluding hydrogens is 166 g/mol. The average molecular weight is 179 g/mol. The molecule has 0 aliphatic rings. The minimum atomic E-state index is -0.896. The number of aliphatic hydroxyl groups is 1. The zero-order valence-electron chi connectivity index (χ0n) is 6.16. The van der Waals surface area contributed by atoms with Gasteiger partial charge in [-0.15, -0.1) is 0 Å². The van der Waals surface area contributed by atoms with E-state index in [1.165, 1.54) is 0 Å². The van der Waals surface area contributed by atoms with Crippen molar-refractivity contribution >= 4 is 18.6 Å². The molecule has 0 rings (SSSR count). The minimum Gasteiger partial charge on any atom is -0.480 e. The molecule has 3 N–H and O–H groups in total. The molecule has 0 amide bonds. The molecule has 1 atom stereocenters. The van der Waals surface area contributed by atoms with Gasteiger partial charge in [-0.3, -0.25) is 4.79 Å². The van der Waals surface area contributed by atoms with Crippen LogP contribution in [0.15, 0.2) is 0 Å². The summed E-state index contributed by atoms with van der Waals surface area (Å²) < 4.78 is 0. The van der Waals surface area contributed by atoms with Crippen LogP contribution < -0.4 is 5.32 Å². The van der Waals surface area contributed by atoms with E-state index in [1.807, 2.05) is 0 Å². The summed E-state index contributed by atoms with van der Waals surface area (Å²) in [5, 5.41) is 19.6. The van der Waals surface area contributed by atoms with Crippen molar-refractivity contribution in [3.63, 3.8) is 0 Å². The molecule has 0 aliphatic carbocycles. The van der Waals surface area contributed by atoms with Gasteiger partial charge in [0, 0.05) is 6.54 Å². The van der Waals surface area contributed by atoms with Crippen molar-refractivity contribution in [1.29, 1.82) is 0 Å². The Balaban J connectivity index is 3.60. The highest BCUT2D eigenvalue weighted by molar-refractivity contribution is 7.80. The molecule has 0 heterocycles. The molecule has 66 valence electrons. The van der Waals surface area contributed by atoms with E-state index < -0.39 is 12.0 Å². The van der Waals surface area contributed by atoms with Gasteiger partial charge in [0.2, 0.25) is 0 Å². The Bertz CT molecular complexity index is 120. The SMILES string of the molecule is O=C(O)C(CCS)NCCO. The number of carboxylic acids is 1. The highest BCUT2D eigenvalue weighted by Crippen LogP contribution is 1.93. The first kappa shape index (κ1) is 10.7. The second-order valence-electron chi connectivity index (χ2n) is 2.08. The van der Waals surface area contributed by atoms with Crippen molar-refractivity contribution in [2.45, 2.75) is 12.5 Å². The van der Waals surface area contributed by atoms with Gasteiger partial charge in [-0.1, -0.05) is 0 Å². The summed E-state index contributed by atoms with van der Waals surface area (Å²) in [6.07, 6.45) is 0.471. The zero-order chi connectivity index (χ0) is 8.69. The molecular formula is C6H13NO3S. The van der Waals surface area contributed by atoms with Gasteiger partial charge in [0.05, 0.1) is 6.61 Å². The van der Waals surface area contributed by atoms with Crippen LogP contribution in [0.2, 0.25) is 0 Å². The third kappa shape index (κ3) is 5.06. The maximum Gasteiger partial charge on any atom is 0.320 e. The van der Waals surface area contributed by atoms with Gasteiger partial charge in [-0.2, -0.15) is 12.6 Å². The molecule has 0 spiro atoms. The molecule has 0 aromatic rings. The fourth-order valence-electron chi connectivity index (χ4n) is 0.681. The number of thiol groups is 1. The van der Waals surface area contributed by atoms with E-state index in [0.29, 0.717) is 18.7 Å². The molecule has 0 radical (unpaired) electrons. The molecule has 5 heteroatoms. The van der Waals surface area contributed by atoms with Crippen LogP contribution in [0.4, 0.5) is 0 Å².